The molecule has 13 heteroatoms. The topological polar surface area (TPSA) is 84.9 Å². The smallest absolute Gasteiger partial charge is 0.462 e. The minimum Gasteiger partial charge on any atom is -0.462 e. The van der Waals surface area contributed by atoms with Gasteiger partial charge in [0, 0.05) is 29.2 Å². The number of fused-ring (bicyclic) bond motifs is 2. The number of nitrogens with zero attached hydrogens (tertiary/aromatic N) is 4. The molecule has 2 aromatic carbocycles. The number of piperidine rings is 1. The van der Waals surface area contributed by atoms with Gasteiger partial charge in [-0.05, 0) is 50.4 Å². The number of benzene rings is 2. The van der Waals surface area contributed by atoms with Crippen molar-refractivity contribution >= 4 is 38.2 Å². The first kappa shape index (κ1) is 26.8. The first-order chi connectivity index (χ1) is 18.0. The van der Waals surface area contributed by atoms with Crippen LogP contribution in [0.15, 0.2) is 36.4 Å². The highest BCUT2D eigenvalue weighted by Crippen LogP contribution is 2.37. The molecule has 1 aromatic heterocycles. The van der Waals surface area contributed by atoms with Gasteiger partial charge >= 0.3 is 21.6 Å². The van der Waals surface area contributed by atoms with Gasteiger partial charge < -0.3 is 18.7 Å². The molecule has 1 atom stereocenters. The zero-order valence-corrected chi connectivity index (χ0v) is 22.1. The number of alkyl halides is 3. The second kappa shape index (κ2) is 10.4. The molecule has 3 aromatic rings. The lowest BCUT2D eigenvalue weighted by atomic mass is 10.0. The minimum atomic E-state index is -5.93. The Morgan fingerprint density at radius 1 is 1.11 bits per heavy atom. The number of anilines is 1. The molecule has 2 aliphatic heterocycles. The second-order valence-electron chi connectivity index (χ2n) is 9.45. The summed E-state index contributed by atoms with van der Waals surface area (Å²) < 4.78 is 73.4. The molecule has 0 bridgehead atoms. The van der Waals surface area contributed by atoms with Crippen LogP contribution in [-0.2, 0) is 23.1 Å². The Bertz CT molecular complexity index is 1450. The lowest BCUT2D eigenvalue weighted by molar-refractivity contribution is -0.0502. The molecule has 0 spiro atoms. The Morgan fingerprint density at radius 3 is 2.61 bits per heavy atom. The zero-order valence-electron chi connectivity index (χ0n) is 20.5. The van der Waals surface area contributed by atoms with E-state index in [-0.39, 0.29) is 37.2 Å². The fraction of sp³-hybridized carbons (Fsp3) is 0.440. The molecular weight excluding hydrogens is 545 g/mol. The third-order valence-corrected chi connectivity index (χ3v) is 8.24. The molecule has 8 nitrogen and oxygen atoms in total. The Balaban J connectivity index is 1.50. The van der Waals surface area contributed by atoms with Crippen LogP contribution in [0.1, 0.15) is 30.5 Å². The summed E-state index contributed by atoms with van der Waals surface area (Å²) in [6.45, 7) is 1.64. The number of halogens is 4. The minimum absolute atomic E-state index is 0.0842. The number of likely N-dealkylation sites (tertiary alicyclic amines) is 1. The molecule has 3 heterocycles. The maximum Gasteiger partial charge on any atom is 0.534 e. The van der Waals surface area contributed by atoms with E-state index < -0.39 is 21.5 Å². The second-order valence-corrected chi connectivity index (χ2v) is 11.4. The molecule has 0 unspecified atom stereocenters. The Hall–Kier alpha value is -2.83. The van der Waals surface area contributed by atoms with E-state index in [1.54, 1.807) is 6.07 Å². The number of aromatic nitrogens is 2. The molecule has 204 valence electrons. The molecule has 0 amide bonds. The highest BCUT2D eigenvalue weighted by Gasteiger charge is 2.49. The molecule has 0 radical (unpaired) electrons. The van der Waals surface area contributed by atoms with Crippen LogP contribution < -0.4 is 13.8 Å². The summed E-state index contributed by atoms with van der Waals surface area (Å²) in [6.07, 6.45) is 3.15. The van der Waals surface area contributed by atoms with Crippen molar-refractivity contribution < 1.29 is 30.5 Å². The number of ether oxygens (including phenoxy) is 1. The lowest BCUT2D eigenvalue weighted by Gasteiger charge is -2.33. The Morgan fingerprint density at radius 2 is 1.87 bits per heavy atom. The average molecular weight is 571 g/mol. The van der Waals surface area contributed by atoms with Crippen molar-refractivity contribution in [3.05, 3.63) is 52.7 Å². The number of likely N-dealkylation sites (N-methyl/N-ethyl adjacent to an activating group) is 1. The number of hydrogen-bond acceptors (Lipinski definition) is 8. The van der Waals surface area contributed by atoms with E-state index >= 15 is 0 Å². The van der Waals surface area contributed by atoms with Crippen LogP contribution in [0.5, 0.6) is 11.9 Å². The average Bonchev–Trinajstić information content (AvgIpc) is 2.87. The molecule has 5 rings (SSSR count). The fourth-order valence-corrected chi connectivity index (χ4v) is 5.65. The SMILES string of the molecule is CN1CCCC[C@H]1COc1nc2c(c(OS(=O)(=O)C(F)(F)F)n1)CCN(c1cccc3cccc(Cl)c13)C2. The van der Waals surface area contributed by atoms with Crippen molar-refractivity contribution in [3.63, 3.8) is 0 Å². The Labute approximate surface area is 223 Å². The van der Waals surface area contributed by atoms with E-state index in [9.17, 15) is 21.6 Å². The summed E-state index contributed by atoms with van der Waals surface area (Å²) in [5.41, 5.74) is -4.25. The summed E-state index contributed by atoms with van der Waals surface area (Å²) in [5, 5.41) is 2.33. The maximum atomic E-state index is 13.1. The van der Waals surface area contributed by atoms with Gasteiger partial charge in [0.2, 0.25) is 5.88 Å². The summed E-state index contributed by atoms with van der Waals surface area (Å²) in [4.78, 5) is 12.6. The van der Waals surface area contributed by atoms with Crippen LogP contribution in [0.25, 0.3) is 10.8 Å². The van der Waals surface area contributed by atoms with Crippen LogP contribution in [0, 0.1) is 0 Å². The van der Waals surface area contributed by atoms with Crippen LogP contribution in [0.3, 0.4) is 0 Å². The van der Waals surface area contributed by atoms with Crippen molar-refractivity contribution in [2.45, 2.75) is 43.8 Å². The highest BCUT2D eigenvalue weighted by molar-refractivity contribution is 7.87. The maximum absolute atomic E-state index is 13.1. The zero-order chi connectivity index (χ0) is 27.1. The van der Waals surface area contributed by atoms with Gasteiger partial charge in [-0.3, -0.25) is 0 Å². The van der Waals surface area contributed by atoms with E-state index in [4.69, 9.17) is 16.3 Å². The molecule has 1 saturated heterocycles. The van der Waals surface area contributed by atoms with Gasteiger partial charge in [0.25, 0.3) is 0 Å². The monoisotopic (exact) mass is 570 g/mol. The normalized spacial score (nSPS) is 18.9. The van der Waals surface area contributed by atoms with E-state index in [0.717, 1.165) is 42.3 Å². The largest absolute Gasteiger partial charge is 0.534 e. The van der Waals surface area contributed by atoms with Crippen molar-refractivity contribution in [2.75, 3.05) is 31.6 Å². The first-order valence-corrected chi connectivity index (χ1v) is 14.0. The predicted molar refractivity (Wildman–Crippen MR) is 137 cm³/mol. The van der Waals surface area contributed by atoms with Crippen molar-refractivity contribution in [1.29, 1.82) is 0 Å². The molecule has 0 N–H and O–H groups in total. The number of hydrogen-bond donors (Lipinski definition) is 0. The first-order valence-electron chi connectivity index (χ1n) is 12.2. The van der Waals surface area contributed by atoms with Gasteiger partial charge in [0.05, 0.1) is 17.3 Å². The Kier molecular flexibility index (Phi) is 7.31. The van der Waals surface area contributed by atoms with Gasteiger partial charge in [-0.25, -0.2) is 0 Å². The van der Waals surface area contributed by atoms with E-state index in [1.807, 2.05) is 42.3 Å². The van der Waals surface area contributed by atoms with Gasteiger partial charge in [0.1, 0.15) is 6.61 Å². The van der Waals surface area contributed by atoms with Gasteiger partial charge in [-0.2, -0.15) is 31.6 Å². The summed E-state index contributed by atoms with van der Waals surface area (Å²) in [7, 11) is -3.96. The third-order valence-electron chi connectivity index (χ3n) is 6.98. The summed E-state index contributed by atoms with van der Waals surface area (Å²) in [6, 6.07) is 11.2. The molecular formula is C25H26ClF3N4O4S. The third kappa shape index (κ3) is 5.34. The molecule has 2 aliphatic rings. The van der Waals surface area contributed by atoms with Gasteiger partial charge in [-0.1, -0.05) is 42.3 Å². The van der Waals surface area contributed by atoms with Crippen molar-refractivity contribution in [2.24, 2.45) is 0 Å². The quantitative estimate of drug-likeness (QED) is 0.304. The fourth-order valence-electron chi connectivity index (χ4n) is 4.93. The molecule has 38 heavy (non-hydrogen) atoms. The summed E-state index contributed by atoms with van der Waals surface area (Å²) >= 11 is 6.50. The van der Waals surface area contributed by atoms with Gasteiger partial charge in [0.15, 0.2) is 0 Å². The van der Waals surface area contributed by atoms with E-state index in [2.05, 4.69) is 19.1 Å². The van der Waals surface area contributed by atoms with Crippen molar-refractivity contribution in [3.8, 4) is 11.9 Å². The van der Waals surface area contributed by atoms with Crippen LogP contribution in [0.2, 0.25) is 5.02 Å². The highest BCUT2D eigenvalue weighted by atomic mass is 35.5. The molecule has 0 aliphatic carbocycles. The van der Waals surface area contributed by atoms with E-state index in [1.165, 1.54) is 0 Å². The van der Waals surface area contributed by atoms with Crippen LogP contribution in [0.4, 0.5) is 18.9 Å². The lowest BCUT2D eigenvalue weighted by Crippen LogP contribution is -2.40. The molecule has 0 saturated carbocycles. The van der Waals surface area contributed by atoms with Crippen LogP contribution in [-0.4, -0.2) is 61.6 Å². The van der Waals surface area contributed by atoms with Gasteiger partial charge in [-0.15, -0.1) is 0 Å². The van der Waals surface area contributed by atoms with Crippen molar-refractivity contribution in [1.82, 2.24) is 14.9 Å². The van der Waals surface area contributed by atoms with Crippen LogP contribution >= 0.6 is 11.6 Å². The standard InChI is InChI=1S/C25H26ClF3N4O4S/c1-32-12-3-2-8-17(32)15-36-24-30-20-14-33(21-10-5-7-16-6-4-9-19(26)22(16)21)13-11-18(20)23(31-24)37-38(34,35)25(27,28)29/h4-7,9-10,17H,2-3,8,11-15H2,1H3/t17-/m0/s1. The molecule has 1 fully saturated rings. The van der Waals surface area contributed by atoms with E-state index in [0.29, 0.717) is 17.3 Å². The number of rotatable bonds is 6. The summed E-state index contributed by atoms with van der Waals surface area (Å²) in [5.74, 6) is -0.657. The predicted octanol–water partition coefficient (Wildman–Crippen LogP) is 4.94.